The van der Waals surface area contributed by atoms with Crippen molar-refractivity contribution in [3.8, 4) is 0 Å². The lowest BCUT2D eigenvalue weighted by atomic mass is 10.1. The molecule has 106 valence electrons. The number of halogens is 2. The maximum absolute atomic E-state index is 13.5. The third-order valence-electron chi connectivity index (χ3n) is 3.00. The summed E-state index contributed by atoms with van der Waals surface area (Å²) in [5.74, 6) is -1.73. The molecule has 0 saturated carbocycles. The Morgan fingerprint density at radius 2 is 1.95 bits per heavy atom. The van der Waals surface area contributed by atoms with Crippen LogP contribution in [-0.4, -0.2) is 11.9 Å². The first-order valence-electron chi connectivity index (χ1n) is 6.47. The highest BCUT2D eigenvalue weighted by molar-refractivity contribution is 5.81. The number of nitrogens with one attached hydrogen (secondary N) is 1. The molecule has 0 aromatic heterocycles. The zero-order valence-corrected chi connectivity index (χ0v) is 11.2. The quantitative estimate of drug-likeness (QED) is 0.835. The summed E-state index contributed by atoms with van der Waals surface area (Å²) in [6.45, 7) is 3.54. The Labute approximate surface area is 112 Å². The molecule has 1 rings (SSSR count). The standard InChI is InChI=1S/C14H20F2N2O/c1-3-4-8-12(17)14(19)18-9(2)13-10(15)6-5-7-11(13)16/h5-7,9,12H,3-4,8,17H2,1-2H3,(H,18,19). The van der Waals surface area contributed by atoms with Gasteiger partial charge in [-0.25, -0.2) is 8.78 Å². The number of carbonyl (C=O) groups is 1. The zero-order valence-electron chi connectivity index (χ0n) is 11.2. The highest BCUT2D eigenvalue weighted by Crippen LogP contribution is 2.20. The summed E-state index contributed by atoms with van der Waals surface area (Å²) in [5.41, 5.74) is 5.57. The van der Waals surface area contributed by atoms with E-state index in [-0.39, 0.29) is 11.5 Å². The van der Waals surface area contributed by atoms with Gasteiger partial charge in [-0.1, -0.05) is 25.8 Å². The molecule has 0 aliphatic carbocycles. The first-order chi connectivity index (χ1) is 8.97. The molecule has 0 spiro atoms. The van der Waals surface area contributed by atoms with E-state index in [1.54, 1.807) is 0 Å². The molecule has 5 heteroatoms. The molecule has 0 radical (unpaired) electrons. The number of benzene rings is 1. The Morgan fingerprint density at radius 1 is 1.37 bits per heavy atom. The Morgan fingerprint density at radius 3 is 2.47 bits per heavy atom. The second-order valence-corrected chi connectivity index (χ2v) is 4.61. The maximum atomic E-state index is 13.5. The minimum atomic E-state index is -0.749. The van der Waals surface area contributed by atoms with Gasteiger partial charge in [-0.15, -0.1) is 0 Å². The molecular weight excluding hydrogens is 250 g/mol. The number of nitrogens with two attached hydrogens (primary N) is 1. The van der Waals surface area contributed by atoms with E-state index in [4.69, 9.17) is 5.73 Å². The van der Waals surface area contributed by atoms with Gasteiger partial charge in [0.15, 0.2) is 0 Å². The summed E-state index contributed by atoms with van der Waals surface area (Å²) in [6.07, 6.45) is 2.35. The third kappa shape index (κ3) is 4.28. The summed E-state index contributed by atoms with van der Waals surface area (Å²) in [5, 5.41) is 2.54. The van der Waals surface area contributed by atoms with Crippen LogP contribution in [-0.2, 0) is 4.79 Å². The van der Waals surface area contributed by atoms with Gasteiger partial charge >= 0.3 is 0 Å². The van der Waals surface area contributed by atoms with Crippen LogP contribution in [0.15, 0.2) is 18.2 Å². The number of carbonyl (C=O) groups excluding carboxylic acids is 1. The number of unbranched alkanes of at least 4 members (excludes halogenated alkanes) is 1. The van der Waals surface area contributed by atoms with Crippen LogP contribution in [0.3, 0.4) is 0 Å². The molecule has 19 heavy (non-hydrogen) atoms. The smallest absolute Gasteiger partial charge is 0.237 e. The number of amides is 1. The molecule has 0 heterocycles. The topological polar surface area (TPSA) is 55.1 Å². The number of hydrogen-bond donors (Lipinski definition) is 2. The van der Waals surface area contributed by atoms with Crippen LogP contribution in [0.4, 0.5) is 8.78 Å². The van der Waals surface area contributed by atoms with Crippen LogP contribution in [0.2, 0.25) is 0 Å². The Balaban J connectivity index is 2.69. The molecule has 1 amide bonds. The van der Waals surface area contributed by atoms with E-state index in [2.05, 4.69) is 5.32 Å². The van der Waals surface area contributed by atoms with Crippen LogP contribution in [0.5, 0.6) is 0 Å². The summed E-state index contributed by atoms with van der Waals surface area (Å²) in [4.78, 5) is 11.8. The fraction of sp³-hybridized carbons (Fsp3) is 0.500. The summed E-state index contributed by atoms with van der Waals surface area (Å²) in [7, 11) is 0. The van der Waals surface area contributed by atoms with Crippen molar-refractivity contribution in [1.82, 2.24) is 5.32 Å². The number of rotatable bonds is 6. The zero-order chi connectivity index (χ0) is 14.4. The first-order valence-corrected chi connectivity index (χ1v) is 6.47. The predicted octanol–water partition coefficient (Wildman–Crippen LogP) is 2.66. The Bertz CT molecular complexity index is 417. The first kappa shape index (κ1) is 15.6. The van der Waals surface area contributed by atoms with Crippen molar-refractivity contribution >= 4 is 5.91 Å². The molecule has 0 saturated heterocycles. The van der Waals surface area contributed by atoms with Gasteiger partial charge in [0.1, 0.15) is 11.6 Å². The molecule has 2 atom stereocenters. The van der Waals surface area contributed by atoms with Crippen molar-refractivity contribution < 1.29 is 13.6 Å². The molecule has 0 aliphatic heterocycles. The van der Waals surface area contributed by atoms with Crippen LogP contribution < -0.4 is 11.1 Å². The molecule has 3 N–H and O–H groups in total. The van der Waals surface area contributed by atoms with Crippen LogP contribution >= 0.6 is 0 Å². The Hall–Kier alpha value is -1.49. The van der Waals surface area contributed by atoms with Crippen LogP contribution in [0.1, 0.15) is 44.7 Å². The van der Waals surface area contributed by atoms with E-state index in [1.807, 2.05) is 6.92 Å². The van der Waals surface area contributed by atoms with Gasteiger partial charge in [-0.2, -0.15) is 0 Å². The fourth-order valence-electron chi connectivity index (χ4n) is 1.87. The lowest BCUT2D eigenvalue weighted by Crippen LogP contribution is -2.41. The van der Waals surface area contributed by atoms with E-state index in [1.165, 1.54) is 13.0 Å². The van der Waals surface area contributed by atoms with Crippen molar-refractivity contribution in [3.63, 3.8) is 0 Å². The maximum Gasteiger partial charge on any atom is 0.237 e. The highest BCUT2D eigenvalue weighted by atomic mass is 19.1. The van der Waals surface area contributed by atoms with Crippen LogP contribution in [0.25, 0.3) is 0 Å². The Kier molecular flexibility index (Phi) is 5.89. The van der Waals surface area contributed by atoms with E-state index in [0.717, 1.165) is 25.0 Å². The van der Waals surface area contributed by atoms with Gasteiger partial charge < -0.3 is 11.1 Å². The largest absolute Gasteiger partial charge is 0.348 e. The average Bonchev–Trinajstić information content (AvgIpc) is 2.35. The van der Waals surface area contributed by atoms with Gasteiger partial charge in [-0.3, -0.25) is 4.79 Å². The van der Waals surface area contributed by atoms with Gasteiger partial charge in [-0.05, 0) is 25.5 Å². The normalized spacial score (nSPS) is 13.9. The molecular formula is C14H20F2N2O. The van der Waals surface area contributed by atoms with Crippen molar-refractivity contribution in [1.29, 1.82) is 0 Å². The minimum absolute atomic E-state index is 0.140. The summed E-state index contributed by atoms with van der Waals surface area (Å²) >= 11 is 0. The minimum Gasteiger partial charge on any atom is -0.348 e. The van der Waals surface area contributed by atoms with Gasteiger partial charge in [0.25, 0.3) is 0 Å². The summed E-state index contributed by atoms with van der Waals surface area (Å²) in [6, 6.07) is 2.23. The van der Waals surface area contributed by atoms with Gasteiger partial charge in [0.05, 0.1) is 12.1 Å². The van der Waals surface area contributed by atoms with E-state index >= 15 is 0 Å². The highest BCUT2D eigenvalue weighted by Gasteiger charge is 2.20. The molecule has 2 unspecified atom stereocenters. The van der Waals surface area contributed by atoms with Crippen molar-refractivity contribution in [2.75, 3.05) is 0 Å². The predicted molar refractivity (Wildman–Crippen MR) is 70.4 cm³/mol. The molecule has 0 fully saturated rings. The van der Waals surface area contributed by atoms with Crippen molar-refractivity contribution in [2.45, 2.75) is 45.2 Å². The third-order valence-corrected chi connectivity index (χ3v) is 3.00. The van der Waals surface area contributed by atoms with Gasteiger partial charge in [0, 0.05) is 5.56 Å². The lowest BCUT2D eigenvalue weighted by molar-refractivity contribution is -0.123. The van der Waals surface area contributed by atoms with E-state index in [9.17, 15) is 13.6 Å². The van der Waals surface area contributed by atoms with E-state index < -0.39 is 23.7 Å². The lowest BCUT2D eigenvalue weighted by Gasteiger charge is -2.18. The van der Waals surface area contributed by atoms with Crippen LogP contribution in [0, 0.1) is 11.6 Å². The number of hydrogen-bond acceptors (Lipinski definition) is 2. The molecule has 1 aromatic rings. The monoisotopic (exact) mass is 270 g/mol. The second-order valence-electron chi connectivity index (χ2n) is 4.61. The summed E-state index contributed by atoms with van der Waals surface area (Å²) < 4.78 is 27.1. The van der Waals surface area contributed by atoms with Crippen molar-refractivity contribution in [2.24, 2.45) is 5.73 Å². The average molecular weight is 270 g/mol. The molecule has 0 bridgehead atoms. The molecule has 3 nitrogen and oxygen atoms in total. The van der Waals surface area contributed by atoms with Gasteiger partial charge in [0.2, 0.25) is 5.91 Å². The molecule has 1 aromatic carbocycles. The second kappa shape index (κ2) is 7.19. The van der Waals surface area contributed by atoms with E-state index in [0.29, 0.717) is 6.42 Å². The fourth-order valence-corrected chi connectivity index (χ4v) is 1.87. The molecule has 0 aliphatic rings. The SMILES string of the molecule is CCCCC(N)C(=O)NC(C)c1c(F)cccc1F. The van der Waals surface area contributed by atoms with Crippen molar-refractivity contribution in [3.05, 3.63) is 35.4 Å².